The van der Waals surface area contributed by atoms with Gasteiger partial charge in [-0.05, 0) is 32.4 Å². The number of hydrogen-bond acceptors (Lipinski definition) is 7. The van der Waals surface area contributed by atoms with Gasteiger partial charge in [0.25, 0.3) is 0 Å². The van der Waals surface area contributed by atoms with E-state index in [9.17, 15) is 14.7 Å². The van der Waals surface area contributed by atoms with Crippen LogP contribution in [0.15, 0.2) is 35.6 Å². The van der Waals surface area contributed by atoms with E-state index >= 15 is 0 Å². The maximum Gasteiger partial charge on any atom is 0.326 e. The molecule has 0 aliphatic heterocycles. The summed E-state index contributed by atoms with van der Waals surface area (Å²) in [5.41, 5.74) is 1.69. The number of aliphatic imine (C=N–C) groups is 1. The van der Waals surface area contributed by atoms with Crippen LogP contribution in [0.4, 0.5) is 5.82 Å². The molecule has 0 aliphatic rings. The highest BCUT2D eigenvalue weighted by atomic mass is 16.5. The lowest BCUT2D eigenvalue weighted by Crippen LogP contribution is -2.29. The van der Waals surface area contributed by atoms with Crippen molar-refractivity contribution < 1.29 is 19.4 Å². The summed E-state index contributed by atoms with van der Waals surface area (Å²) in [4.78, 5) is 39.8. The summed E-state index contributed by atoms with van der Waals surface area (Å²) in [6.45, 7) is 5.28. The second-order valence-corrected chi connectivity index (χ2v) is 5.71. The third-order valence-electron chi connectivity index (χ3n) is 3.31. The molecule has 8 heteroatoms. The zero-order valence-electron chi connectivity index (χ0n) is 14.8. The van der Waals surface area contributed by atoms with Crippen molar-refractivity contribution in [2.45, 2.75) is 33.3 Å². The van der Waals surface area contributed by atoms with E-state index in [4.69, 9.17) is 4.74 Å². The predicted octanol–water partition coefficient (Wildman–Crippen LogP) is 2.46. The highest BCUT2D eigenvalue weighted by molar-refractivity contribution is 6.08. The number of aromatic nitrogens is 3. The minimum atomic E-state index is -1.50. The molecule has 1 N–H and O–H groups in total. The van der Waals surface area contributed by atoms with Gasteiger partial charge in [-0.3, -0.25) is 14.6 Å². The lowest BCUT2D eigenvalue weighted by molar-refractivity contribution is -0.157. The Balaban J connectivity index is 2.24. The van der Waals surface area contributed by atoms with Crippen LogP contribution in [0.1, 0.15) is 26.5 Å². The van der Waals surface area contributed by atoms with Gasteiger partial charge in [0, 0.05) is 35.9 Å². The second kappa shape index (κ2) is 8.80. The van der Waals surface area contributed by atoms with E-state index in [1.165, 1.54) is 12.3 Å². The summed E-state index contributed by atoms with van der Waals surface area (Å²) in [5, 5.41) is 9.19. The van der Waals surface area contributed by atoms with Gasteiger partial charge in [0.2, 0.25) is 0 Å². The van der Waals surface area contributed by atoms with Crippen LogP contribution >= 0.6 is 0 Å². The molecule has 0 saturated heterocycles. The molecular weight excluding hydrogens is 336 g/mol. The number of rotatable bonds is 7. The molecule has 0 saturated carbocycles. The van der Waals surface area contributed by atoms with Crippen molar-refractivity contribution in [2.24, 2.45) is 10.9 Å². The van der Waals surface area contributed by atoms with Crippen molar-refractivity contribution in [3.05, 3.63) is 36.3 Å². The van der Waals surface area contributed by atoms with Crippen molar-refractivity contribution in [1.29, 1.82) is 0 Å². The number of aliphatic carboxylic acids is 1. The van der Waals surface area contributed by atoms with Crippen molar-refractivity contribution in [2.75, 3.05) is 0 Å². The standard InChI is InChI=1S/C18H20N4O4/c1-4-13-9-12(5-7-19-13)16-20-8-6-15(22-16)21-10-14(17(23)24)18(25)26-11(2)3/h5-11,14H,4H2,1-3H3,(H,23,24). The maximum atomic E-state index is 11.8. The van der Waals surface area contributed by atoms with Gasteiger partial charge in [-0.15, -0.1) is 0 Å². The zero-order chi connectivity index (χ0) is 19.1. The molecule has 0 aliphatic carbocycles. The molecule has 26 heavy (non-hydrogen) atoms. The molecule has 0 amide bonds. The van der Waals surface area contributed by atoms with Crippen LogP contribution in [-0.4, -0.2) is 44.3 Å². The van der Waals surface area contributed by atoms with Crippen LogP contribution in [0, 0.1) is 5.92 Å². The molecule has 0 bridgehead atoms. The Kier molecular flexibility index (Phi) is 6.48. The lowest BCUT2D eigenvalue weighted by atomic mass is 10.2. The number of aryl methyl sites for hydroxylation is 1. The van der Waals surface area contributed by atoms with E-state index < -0.39 is 24.0 Å². The largest absolute Gasteiger partial charge is 0.480 e. The van der Waals surface area contributed by atoms with Crippen LogP contribution in [0.3, 0.4) is 0 Å². The normalized spacial score (nSPS) is 12.3. The Morgan fingerprint density at radius 2 is 2.00 bits per heavy atom. The third kappa shape index (κ3) is 5.17. The monoisotopic (exact) mass is 356 g/mol. The molecule has 2 rings (SSSR count). The summed E-state index contributed by atoms with van der Waals surface area (Å²) in [7, 11) is 0. The first kappa shape index (κ1) is 19.2. The zero-order valence-corrected chi connectivity index (χ0v) is 14.8. The molecule has 1 atom stereocenters. The lowest BCUT2D eigenvalue weighted by Gasteiger charge is -2.10. The number of carbonyl (C=O) groups is 2. The van der Waals surface area contributed by atoms with Gasteiger partial charge < -0.3 is 9.84 Å². The first-order valence-corrected chi connectivity index (χ1v) is 8.16. The van der Waals surface area contributed by atoms with Crippen molar-refractivity contribution in [1.82, 2.24) is 15.0 Å². The van der Waals surface area contributed by atoms with E-state index in [1.807, 2.05) is 13.0 Å². The van der Waals surface area contributed by atoms with E-state index in [0.29, 0.717) is 5.82 Å². The number of esters is 1. The Bertz CT molecular complexity index is 820. The summed E-state index contributed by atoms with van der Waals surface area (Å²) in [5.74, 6) is -3.02. The molecular formula is C18H20N4O4. The molecule has 2 heterocycles. The highest BCUT2D eigenvalue weighted by Gasteiger charge is 2.26. The van der Waals surface area contributed by atoms with Crippen LogP contribution in [-0.2, 0) is 20.7 Å². The van der Waals surface area contributed by atoms with E-state index in [-0.39, 0.29) is 5.82 Å². The van der Waals surface area contributed by atoms with Gasteiger partial charge >= 0.3 is 11.9 Å². The minimum absolute atomic E-state index is 0.244. The molecule has 2 aromatic heterocycles. The van der Waals surface area contributed by atoms with Gasteiger partial charge in [-0.25, -0.2) is 15.0 Å². The molecule has 0 spiro atoms. The Morgan fingerprint density at radius 1 is 1.27 bits per heavy atom. The summed E-state index contributed by atoms with van der Waals surface area (Å²) >= 11 is 0. The molecule has 0 fully saturated rings. The minimum Gasteiger partial charge on any atom is -0.480 e. The van der Waals surface area contributed by atoms with Gasteiger partial charge in [0.05, 0.1) is 6.10 Å². The average Bonchev–Trinajstić information content (AvgIpc) is 2.61. The van der Waals surface area contributed by atoms with Crippen LogP contribution in [0.25, 0.3) is 11.4 Å². The van der Waals surface area contributed by atoms with E-state index in [2.05, 4.69) is 19.9 Å². The number of carboxylic acid groups (broad SMARTS) is 1. The van der Waals surface area contributed by atoms with Gasteiger partial charge in [-0.2, -0.15) is 0 Å². The van der Waals surface area contributed by atoms with Gasteiger partial charge in [0.15, 0.2) is 17.6 Å². The number of carbonyl (C=O) groups excluding carboxylic acids is 1. The van der Waals surface area contributed by atoms with Gasteiger partial charge in [-0.1, -0.05) is 6.92 Å². The summed E-state index contributed by atoms with van der Waals surface area (Å²) in [6, 6.07) is 5.18. The summed E-state index contributed by atoms with van der Waals surface area (Å²) < 4.78 is 4.93. The number of ether oxygens (including phenoxy) is 1. The van der Waals surface area contributed by atoms with Crippen LogP contribution < -0.4 is 0 Å². The first-order chi connectivity index (χ1) is 12.4. The fourth-order valence-electron chi connectivity index (χ4n) is 2.05. The topological polar surface area (TPSA) is 115 Å². The predicted molar refractivity (Wildman–Crippen MR) is 95.1 cm³/mol. The molecule has 8 nitrogen and oxygen atoms in total. The maximum absolute atomic E-state index is 11.8. The number of nitrogens with zero attached hydrogens (tertiary/aromatic N) is 4. The highest BCUT2D eigenvalue weighted by Crippen LogP contribution is 2.18. The van der Waals surface area contributed by atoms with Crippen molar-refractivity contribution >= 4 is 24.0 Å². The molecule has 136 valence electrons. The Hall–Kier alpha value is -3.16. The molecule has 0 aromatic carbocycles. The number of carboxylic acids is 1. The third-order valence-corrected chi connectivity index (χ3v) is 3.31. The van der Waals surface area contributed by atoms with Crippen LogP contribution in [0.5, 0.6) is 0 Å². The Morgan fingerprint density at radius 3 is 2.65 bits per heavy atom. The molecule has 1 unspecified atom stereocenters. The number of pyridine rings is 1. The molecule has 0 radical (unpaired) electrons. The fourth-order valence-corrected chi connectivity index (χ4v) is 2.05. The van der Waals surface area contributed by atoms with Crippen molar-refractivity contribution in [3.63, 3.8) is 0 Å². The first-order valence-electron chi connectivity index (χ1n) is 8.16. The smallest absolute Gasteiger partial charge is 0.326 e. The van der Waals surface area contributed by atoms with Crippen molar-refractivity contribution in [3.8, 4) is 11.4 Å². The Labute approximate surface area is 151 Å². The van der Waals surface area contributed by atoms with E-state index in [0.717, 1.165) is 23.9 Å². The SMILES string of the molecule is CCc1cc(-c2nccc(N=CC(C(=O)O)C(=O)OC(C)C)n2)ccn1. The van der Waals surface area contributed by atoms with E-state index in [1.54, 1.807) is 26.1 Å². The average molecular weight is 356 g/mol. The quantitative estimate of drug-likeness (QED) is 0.460. The fraction of sp³-hybridized carbons (Fsp3) is 0.333. The molecule has 2 aromatic rings. The van der Waals surface area contributed by atoms with Crippen LogP contribution in [0.2, 0.25) is 0 Å². The van der Waals surface area contributed by atoms with Gasteiger partial charge in [0.1, 0.15) is 0 Å². The second-order valence-electron chi connectivity index (χ2n) is 5.71. The summed E-state index contributed by atoms with van der Waals surface area (Å²) in [6.07, 6.45) is 4.58. The number of hydrogen-bond donors (Lipinski definition) is 1.